The SMILES string of the molecule is CNc1nc2sccn2c1S(=O)(=O)NC1CCC(C)CC1. The molecule has 21 heavy (non-hydrogen) atoms. The summed E-state index contributed by atoms with van der Waals surface area (Å²) in [5.74, 6) is 1.09. The molecule has 2 N–H and O–H groups in total. The third-order valence-corrected chi connectivity index (χ3v) is 6.35. The van der Waals surface area contributed by atoms with Gasteiger partial charge in [-0.1, -0.05) is 6.92 Å². The Morgan fingerprint density at radius 2 is 2.05 bits per heavy atom. The largest absolute Gasteiger partial charge is 0.371 e. The topological polar surface area (TPSA) is 75.5 Å². The Morgan fingerprint density at radius 3 is 2.71 bits per heavy atom. The molecule has 0 radical (unpaired) electrons. The summed E-state index contributed by atoms with van der Waals surface area (Å²) in [6.07, 6.45) is 5.70. The highest BCUT2D eigenvalue weighted by atomic mass is 32.2. The van der Waals surface area contributed by atoms with Crippen LogP contribution in [-0.2, 0) is 10.0 Å². The minimum absolute atomic E-state index is 0.0279. The quantitative estimate of drug-likeness (QED) is 0.903. The number of nitrogens with one attached hydrogen (secondary N) is 2. The number of hydrogen-bond donors (Lipinski definition) is 2. The van der Waals surface area contributed by atoms with Crippen molar-refractivity contribution in [1.29, 1.82) is 0 Å². The van der Waals surface area contributed by atoms with E-state index in [9.17, 15) is 8.42 Å². The minimum Gasteiger partial charge on any atom is -0.371 e. The van der Waals surface area contributed by atoms with E-state index in [1.54, 1.807) is 17.6 Å². The molecular weight excluding hydrogens is 308 g/mol. The molecule has 0 bridgehead atoms. The lowest BCUT2D eigenvalue weighted by Gasteiger charge is -2.26. The Bertz CT molecular complexity index is 727. The smallest absolute Gasteiger partial charge is 0.260 e. The van der Waals surface area contributed by atoms with Crippen molar-refractivity contribution in [2.24, 2.45) is 5.92 Å². The van der Waals surface area contributed by atoms with Crippen LogP contribution in [0, 0.1) is 5.92 Å². The van der Waals surface area contributed by atoms with Crippen LogP contribution >= 0.6 is 11.3 Å². The minimum atomic E-state index is -3.58. The molecule has 2 aromatic heterocycles. The Morgan fingerprint density at radius 1 is 1.33 bits per heavy atom. The number of fused-ring (bicyclic) bond motifs is 1. The molecule has 0 atom stereocenters. The molecule has 0 spiro atoms. The summed E-state index contributed by atoms with van der Waals surface area (Å²) in [7, 11) is -1.89. The van der Waals surface area contributed by atoms with Crippen molar-refractivity contribution in [3.8, 4) is 0 Å². The van der Waals surface area contributed by atoms with E-state index in [0.29, 0.717) is 16.7 Å². The Kier molecular flexibility index (Phi) is 3.94. The highest BCUT2D eigenvalue weighted by Gasteiger charge is 2.29. The van der Waals surface area contributed by atoms with Gasteiger partial charge in [-0.3, -0.25) is 4.40 Å². The van der Waals surface area contributed by atoms with E-state index in [0.717, 1.165) is 25.7 Å². The number of imidazole rings is 1. The zero-order chi connectivity index (χ0) is 15.0. The van der Waals surface area contributed by atoms with Crippen LogP contribution in [0.25, 0.3) is 4.96 Å². The van der Waals surface area contributed by atoms with Crippen LogP contribution in [0.1, 0.15) is 32.6 Å². The molecule has 1 saturated carbocycles. The highest BCUT2D eigenvalue weighted by molar-refractivity contribution is 7.89. The van der Waals surface area contributed by atoms with E-state index in [1.807, 2.05) is 5.38 Å². The number of anilines is 1. The second-order valence-corrected chi connectivity index (χ2v) is 8.15. The number of rotatable bonds is 4. The van der Waals surface area contributed by atoms with Crippen molar-refractivity contribution in [3.63, 3.8) is 0 Å². The first-order valence-electron chi connectivity index (χ1n) is 7.17. The Hall–Kier alpha value is -1.12. The van der Waals surface area contributed by atoms with E-state index >= 15 is 0 Å². The van der Waals surface area contributed by atoms with Gasteiger partial charge in [0, 0.05) is 24.7 Å². The van der Waals surface area contributed by atoms with Crippen molar-refractivity contribution in [3.05, 3.63) is 11.6 Å². The van der Waals surface area contributed by atoms with Gasteiger partial charge in [0.2, 0.25) is 0 Å². The molecule has 0 aromatic carbocycles. The first-order valence-corrected chi connectivity index (χ1v) is 9.53. The summed E-state index contributed by atoms with van der Waals surface area (Å²) < 4.78 is 29.9. The van der Waals surface area contributed by atoms with Gasteiger partial charge in [0.25, 0.3) is 10.0 Å². The van der Waals surface area contributed by atoms with Gasteiger partial charge >= 0.3 is 0 Å². The average Bonchev–Trinajstić information content (AvgIpc) is 3.00. The third-order valence-electron chi connectivity index (χ3n) is 4.05. The first kappa shape index (κ1) is 14.8. The summed E-state index contributed by atoms with van der Waals surface area (Å²) in [6.45, 7) is 2.22. The summed E-state index contributed by atoms with van der Waals surface area (Å²) in [4.78, 5) is 4.99. The zero-order valence-corrected chi connectivity index (χ0v) is 13.8. The van der Waals surface area contributed by atoms with Gasteiger partial charge in [-0.05, 0) is 31.6 Å². The monoisotopic (exact) mass is 328 g/mol. The predicted molar refractivity (Wildman–Crippen MR) is 84.4 cm³/mol. The fraction of sp³-hybridized carbons (Fsp3) is 0.615. The van der Waals surface area contributed by atoms with Gasteiger partial charge in [-0.2, -0.15) is 0 Å². The number of nitrogens with zero attached hydrogens (tertiary/aromatic N) is 2. The van der Waals surface area contributed by atoms with Gasteiger partial charge in [-0.15, -0.1) is 11.3 Å². The molecule has 1 fully saturated rings. The molecule has 3 rings (SSSR count). The van der Waals surface area contributed by atoms with E-state index < -0.39 is 10.0 Å². The van der Waals surface area contributed by atoms with Crippen LogP contribution in [0.4, 0.5) is 5.82 Å². The second kappa shape index (κ2) is 5.58. The predicted octanol–water partition coefficient (Wildman–Crippen LogP) is 2.29. The van der Waals surface area contributed by atoms with Gasteiger partial charge in [0.1, 0.15) is 0 Å². The average molecular weight is 328 g/mol. The van der Waals surface area contributed by atoms with Crippen LogP contribution in [-0.4, -0.2) is 30.9 Å². The number of aromatic nitrogens is 2. The molecule has 0 saturated heterocycles. The van der Waals surface area contributed by atoms with Gasteiger partial charge in [0.05, 0.1) is 0 Å². The number of sulfonamides is 1. The normalized spacial score (nSPS) is 23.5. The summed E-state index contributed by atoms with van der Waals surface area (Å²) in [5, 5.41) is 4.92. The molecule has 0 aliphatic heterocycles. The van der Waals surface area contributed by atoms with Crippen LogP contribution in [0.5, 0.6) is 0 Å². The van der Waals surface area contributed by atoms with Gasteiger partial charge < -0.3 is 5.32 Å². The fourth-order valence-corrected chi connectivity index (χ4v) is 5.20. The van der Waals surface area contributed by atoms with Crippen molar-refractivity contribution < 1.29 is 8.42 Å². The second-order valence-electron chi connectivity index (χ2n) is 5.65. The van der Waals surface area contributed by atoms with Crippen molar-refractivity contribution in [2.45, 2.75) is 43.7 Å². The maximum absolute atomic E-state index is 12.7. The lowest BCUT2D eigenvalue weighted by Crippen LogP contribution is -2.38. The molecule has 2 heterocycles. The fourth-order valence-electron chi connectivity index (χ4n) is 2.84. The standard InChI is InChI=1S/C13H20N4O2S2/c1-9-3-5-10(6-4-9)16-21(18,19)12-11(14-2)15-13-17(12)7-8-20-13/h7-10,14,16H,3-6H2,1-2H3. The zero-order valence-electron chi connectivity index (χ0n) is 12.2. The third kappa shape index (κ3) is 2.79. The van der Waals surface area contributed by atoms with E-state index in [4.69, 9.17) is 0 Å². The molecular formula is C13H20N4O2S2. The summed E-state index contributed by atoms with van der Waals surface area (Å²) in [6, 6.07) is 0.0279. The lowest BCUT2D eigenvalue weighted by atomic mass is 9.88. The molecule has 6 nitrogen and oxygen atoms in total. The van der Waals surface area contributed by atoms with E-state index in [-0.39, 0.29) is 11.1 Å². The van der Waals surface area contributed by atoms with Crippen molar-refractivity contribution in [2.75, 3.05) is 12.4 Å². The van der Waals surface area contributed by atoms with Gasteiger partial charge in [-0.25, -0.2) is 18.1 Å². The molecule has 0 unspecified atom stereocenters. The highest BCUT2D eigenvalue weighted by Crippen LogP contribution is 2.28. The van der Waals surface area contributed by atoms with Crippen molar-refractivity contribution >= 4 is 32.1 Å². The Balaban J connectivity index is 1.91. The van der Waals surface area contributed by atoms with Crippen LogP contribution < -0.4 is 10.0 Å². The van der Waals surface area contributed by atoms with E-state index in [2.05, 4.69) is 21.9 Å². The summed E-state index contributed by atoms with van der Waals surface area (Å²) >= 11 is 1.42. The first-order chi connectivity index (χ1) is 10.0. The molecule has 2 aromatic rings. The van der Waals surface area contributed by atoms with Crippen LogP contribution in [0.2, 0.25) is 0 Å². The maximum atomic E-state index is 12.7. The molecule has 116 valence electrons. The maximum Gasteiger partial charge on any atom is 0.260 e. The van der Waals surface area contributed by atoms with Crippen molar-refractivity contribution in [1.82, 2.24) is 14.1 Å². The molecule has 1 aliphatic carbocycles. The number of thiazole rings is 1. The van der Waals surface area contributed by atoms with Gasteiger partial charge in [0.15, 0.2) is 15.8 Å². The summed E-state index contributed by atoms with van der Waals surface area (Å²) in [5.41, 5.74) is 0. The molecule has 1 aliphatic rings. The van der Waals surface area contributed by atoms with E-state index in [1.165, 1.54) is 11.3 Å². The number of hydrogen-bond acceptors (Lipinski definition) is 5. The van der Waals surface area contributed by atoms with Crippen LogP contribution in [0.15, 0.2) is 16.6 Å². The van der Waals surface area contributed by atoms with Crippen LogP contribution in [0.3, 0.4) is 0 Å². The molecule has 0 amide bonds. The lowest BCUT2D eigenvalue weighted by molar-refractivity contribution is 0.332. The Labute approximate surface area is 128 Å². The molecule has 8 heteroatoms.